The fourth-order valence-electron chi connectivity index (χ4n) is 1.06. The largest absolute Gasteiger partial charge is 0.0841 e. The molecule has 12 heavy (non-hydrogen) atoms. The Hall–Kier alpha value is -0.230. The Morgan fingerprint density at radius 1 is 1.17 bits per heavy atom. The van der Waals surface area contributed by atoms with Crippen LogP contribution in [0, 0.1) is 0 Å². The minimum absolute atomic E-state index is 0.974. The summed E-state index contributed by atoms with van der Waals surface area (Å²) in [5, 5.41) is 0.974. The molecule has 0 rings (SSSR count). The zero-order valence-electron chi connectivity index (χ0n) is 8.58. The fourth-order valence-corrected chi connectivity index (χ4v) is 1.41. The standard InChI is InChI=1S/C11H19Cl/c1-5-8-10(7-3)11(12)9(4)6-2/h8H,5-7H2,1-4H3/b10-8+,11-9+. The third kappa shape index (κ3) is 3.44. The Morgan fingerprint density at radius 2 is 1.75 bits per heavy atom. The molecular weight excluding hydrogens is 168 g/mol. The number of halogens is 1. The average molecular weight is 187 g/mol. The molecule has 0 nitrogen and oxygen atoms in total. The lowest BCUT2D eigenvalue weighted by Crippen LogP contribution is -1.86. The lowest BCUT2D eigenvalue weighted by Gasteiger charge is -2.06. The molecular formula is C11H19Cl. The third-order valence-electron chi connectivity index (χ3n) is 2.02. The lowest BCUT2D eigenvalue weighted by molar-refractivity contribution is 1.04. The van der Waals surface area contributed by atoms with Crippen molar-refractivity contribution in [2.45, 2.75) is 47.0 Å². The summed E-state index contributed by atoms with van der Waals surface area (Å²) >= 11 is 6.19. The maximum absolute atomic E-state index is 6.19. The summed E-state index contributed by atoms with van der Waals surface area (Å²) in [4.78, 5) is 0. The van der Waals surface area contributed by atoms with Gasteiger partial charge in [-0.2, -0.15) is 0 Å². The van der Waals surface area contributed by atoms with E-state index in [1.54, 1.807) is 0 Å². The fraction of sp³-hybridized carbons (Fsp3) is 0.636. The van der Waals surface area contributed by atoms with Crippen molar-refractivity contribution in [1.29, 1.82) is 0 Å². The smallest absolute Gasteiger partial charge is 0.0423 e. The molecule has 0 bridgehead atoms. The first-order valence-corrected chi connectivity index (χ1v) is 5.09. The van der Waals surface area contributed by atoms with Gasteiger partial charge in [-0.15, -0.1) is 0 Å². The van der Waals surface area contributed by atoms with E-state index in [4.69, 9.17) is 11.6 Å². The van der Waals surface area contributed by atoms with Crippen molar-refractivity contribution in [1.82, 2.24) is 0 Å². The van der Waals surface area contributed by atoms with Crippen LogP contribution in [-0.4, -0.2) is 0 Å². The highest BCUT2D eigenvalue weighted by Gasteiger charge is 2.01. The van der Waals surface area contributed by atoms with E-state index in [0.29, 0.717) is 0 Å². The van der Waals surface area contributed by atoms with Crippen molar-refractivity contribution in [3.63, 3.8) is 0 Å². The molecule has 0 unspecified atom stereocenters. The van der Waals surface area contributed by atoms with Crippen molar-refractivity contribution in [3.05, 3.63) is 22.3 Å². The zero-order chi connectivity index (χ0) is 9.56. The SMILES string of the molecule is CC/C=C(CC)/C(Cl)=C(/C)CC. The van der Waals surface area contributed by atoms with Gasteiger partial charge in [0.1, 0.15) is 0 Å². The van der Waals surface area contributed by atoms with Crippen molar-refractivity contribution < 1.29 is 0 Å². The molecule has 0 atom stereocenters. The zero-order valence-corrected chi connectivity index (χ0v) is 9.33. The van der Waals surface area contributed by atoms with Gasteiger partial charge in [0.2, 0.25) is 0 Å². The van der Waals surface area contributed by atoms with Gasteiger partial charge < -0.3 is 0 Å². The van der Waals surface area contributed by atoms with Crippen LogP contribution in [0.15, 0.2) is 22.3 Å². The maximum atomic E-state index is 6.19. The normalized spacial score (nSPS) is 14.6. The Morgan fingerprint density at radius 3 is 2.08 bits per heavy atom. The summed E-state index contributed by atoms with van der Waals surface area (Å²) in [5.74, 6) is 0. The highest BCUT2D eigenvalue weighted by atomic mass is 35.5. The molecule has 0 spiro atoms. The lowest BCUT2D eigenvalue weighted by atomic mass is 10.1. The first-order valence-electron chi connectivity index (χ1n) is 4.71. The topological polar surface area (TPSA) is 0 Å². The molecule has 0 aromatic carbocycles. The van der Waals surface area contributed by atoms with E-state index in [-0.39, 0.29) is 0 Å². The monoisotopic (exact) mass is 186 g/mol. The van der Waals surface area contributed by atoms with E-state index in [1.165, 1.54) is 11.1 Å². The van der Waals surface area contributed by atoms with Gasteiger partial charge >= 0.3 is 0 Å². The third-order valence-corrected chi connectivity index (χ3v) is 2.58. The van der Waals surface area contributed by atoms with Crippen LogP contribution in [0.25, 0.3) is 0 Å². The maximum Gasteiger partial charge on any atom is 0.0423 e. The Bertz CT molecular complexity index is 187. The van der Waals surface area contributed by atoms with E-state index in [9.17, 15) is 0 Å². The van der Waals surface area contributed by atoms with Gasteiger partial charge in [0, 0.05) is 5.03 Å². The highest BCUT2D eigenvalue weighted by Crippen LogP contribution is 2.23. The minimum atomic E-state index is 0.974. The van der Waals surface area contributed by atoms with Crippen molar-refractivity contribution in [3.8, 4) is 0 Å². The van der Waals surface area contributed by atoms with Gasteiger partial charge in [-0.05, 0) is 31.8 Å². The summed E-state index contributed by atoms with van der Waals surface area (Å²) in [6, 6.07) is 0. The average Bonchev–Trinajstić information content (AvgIpc) is 2.11. The molecule has 0 N–H and O–H groups in total. The predicted octanol–water partition coefficient (Wildman–Crippen LogP) is 4.66. The molecule has 1 heteroatoms. The first kappa shape index (κ1) is 11.8. The van der Waals surface area contributed by atoms with Crippen molar-refractivity contribution in [2.24, 2.45) is 0 Å². The summed E-state index contributed by atoms with van der Waals surface area (Å²) in [5.41, 5.74) is 2.58. The van der Waals surface area contributed by atoms with Crippen LogP contribution in [0.3, 0.4) is 0 Å². The molecule has 0 heterocycles. The van der Waals surface area contributed by atoms with E-state index in [0.717, 1.165) is 24.3 Å². The molecule has 0 aliphatic carbocycles. The van der Waals surface area contributed by atoms with Gasteiger partial charge in [0.05, 0.1) is 0 Å². The first-order chi connectivity index (χ1) is 5.67. The van der Waals surface area contributed by atoms with Gasteiger partial charge in [-0.3, -0.25) is 0 Å². The molecule has 0 aromatic rings. The van der Waals surface area contributed by atoms with Crippen LogP contribution in [0.2, 0.25) is 0 Å². The van der Waals surface area contributed by atoms with Crippen molar-refractivity contribution in [2.75, 3.05) is 0 Å². The van der Waals surface area contributed by atoms with Crippen LogP contribution in [0.5, 0.6) is 0 Å². The molecule has 70 valence electrons. The molecule has 0 aliphatic heterocycles. The van der Waals surface area contributed by atoms with Crippen LogP contribution in [0.1, 0.15) is 47.0 Å². The molecule has 0 aromatic heterocycles. The van der Waals surface area contributed by atoms with Gasteiger partial charge in [0.15, 0.2) is 0 Å². The number of hydrogen-bond acceptors (Lipinski definition) is 0. The molecule has 0 saturated carbocycles. The van der Waals surface area contributed by atoms with Gasteiger partial charge in [-0.25, -0.2) is 0 Å². The summed E-state index contributed by atoms with van der Waals surface area (Å²) in [6.07, 6.45) is 5.35. The molecule has 0 saturated heterocycles. The number of rotatable bonds is 4. The van der Waals surface area contributed by atoms with Crippen LogP contribution < -0.4 is 0 Å². The second-order valence-corrected chi connectivity index (χ2v) is 3.32. The minimum Gasteiger partial charge on any atom is -0.0841 e. The summed E-state index contributed by atoms with van der Waals surface area (Å²) in [6.45, 7) is 8.52. The van der Waals surface area contributed by atoms with Crippen molar-refractivity contribution >= 4 is 11.6 Å². The molecule has 0 amide bonds. The van der Waals surface area contributed by atoms with Crippen LogP contribution in [-0.2, 0) is 0 Å². The second-order valence-electron chi connectivity index (χ2n) is 2.94. The van der Waals surface area contributed by atoms with E-state index >= 15 is 0 Å². The van der Waals surface area contributed by atoms with Crippen LogP contribution >= 0.6 is 11.6 Å². The Kier molecular flexibility index (Phi) is 6.18. The van der Waals surface area contributed by atoms with Crippen LogP contribution in [0.4, 0.5) is 0 Å². The van der Waals surface area contributed by atoms with E-state index < -0.39 is 0 Å². The number of allylic oxidation sites excluding steroid dienone is 4. The van der Waals surface area contributed by atoms with Gasteiger partial charge in [0.25, 0.3) is 0 Å². The summed E-state index contributed by atoms with van der Waals surface area (Å²) in [7, 11) is 0. The molecule has 0 aliphatic rings. The highest BCUT2D eigenvalue weighted by molar-refractivity contribution is 6.32. The van der Waals surface area contributed by atoms with E-state index in [1.807, 2.05) is 0 Å². The predicted molar refractivity (Wildman–Crippen MR) is 57.5 cm³/mol. The summed E-state index contributed by atoms with van der Waals surface area (Å²) < 4.78 is 0. The van der Waals surface area contributed by atoms with Gasteiger partial charge in [-0.1, -0.05) is 44.0 Å². The second kappa shape index (κ2) is 6.30. The molecule has 0 fully saturated rings. The Balaban J connectivity index is 4.63. The Labute approximate surface area is 81.3 Å². The molecule has 0 radical (unpaired) electrons. The van der Waals surface area contributed by atoms with E-state index in [2.05, 4.69) is 33.8 Å². The quantitative estimate of drug-likeness (QED) is 0.561. The number of hydrogen-bond donors (Lipinski definition) is 0.